The zero-order valence-electron chi connectivity index (χ0n) is 18.6. The summed E-state index contributed by atoms with van der Waals surface area (Å²) in [4.78, 5) is 4.70. The van der Waals surface area contributed by atoms with E-state index in [1.807, 2.05) is 36.5 Å². The topological polar surface area (TPSA) is 36.7 Å². The monoisotopic (exact) mass is 474 g/mol. The van der Waals surface area contributed by atoms with Crippen LogP contribution in [-0.4, -0.2) is 18.3 Å². The Kier molecular flexibility index (Phi) is 5.07. The van der Waals surface area contributed by atoms with Crippen molar-refractivity contribution in [3.8, 4) is 28.5 Å². The van der Waals surface area contributed by atoms with Crippen LogP contribution < -0.4 is 4.40 Å². The fraction of sp³-hybridized carbons (Fsp3) is 0.103. The van der Waals surface area contributed by atoms with E-state index >= 15 is 0 Å². The fourth-order valence-corrected chi connectivity index (χ4v) is 6.74. The third-order valence-electron chi connectivity index (χ3n) is 6.10. The fourth-order valence-electron chi connectivity index (χ4n) is 4.29. The summed E-state index contributed by atoms with van der Waals surface area (Å²) in [5, 5.41) is 14.0. The first kappa shape index (κ1) is 20.5. The molecule has 1 heterocycles. The van der Waals surface area contributed by atoms with Crippen LogP contribution >= 0.6 is 0 Å². The molecule has 0 atom stereocenters. The standard InChI is InChI=1S/C29H24GeN2/c1-30(2,3)26-11-8-20(9-12-26)21-10-13-28-23(16-21)14-15-32-29(28)24-17-22-6-4-5-7-27(22)25(18-24)19-31/h4-18H,1-3H3. The number of nitriles is 1. The third kappa shape index (κ3) is 3.70. The summed E-state index contributed by atoms with van der Waals surface area (Å²) in [6, 6.07) is 32.2. The maximum atomic E-state index is 9.69. The Bertz CT molecular complexity index is 1500. The van der Waals surface area contributed by atoms with Gasteiger partial charge in [-0.2, -0.15) is 5.26 Å². The van der Waals surface area contributed by atoms with Gasteiger partial charge in [0, 0.05) is 0 Å². The van der Waals surface area contributed by atoms with Gasteiger partial charge in [-0.3, -0.25) is 0 Å². The van der Waals surface area contributed by atoms with Crippen molar-refractivity contribution in [1.29, 1.82) is 5.26 Å². The zero-order valence-corrected chi connectivity index (χ0v) is 20.7. The Morgan fingerprint density at radius 1 is 0.688 bits per heavy atom. The van der Waals surface area contributed by atoms with Gasteiger partial charge in [-0.05, 0) is 5.39 Å². The first-order chi connectivity index (χ1) is 15.4. The second kappa shape index (κ2) is 7.93. The second-order valence-electron chi connectivity index (χ2n) is 9.28. The molecule has 5 aromatic rings. The van der Waals surface area contributed by atoms with Crippen LogP contribution in [-0.2, 0) is 0 Å². The van der Waals surface area contributed by atoms with Crippen LogP contribution in [0, 0.1) is 11.3 Å². The van der Waals surface area contributed by atoms with Crippen LogP contribution in [0.5, 0.6) is 0 Å². The quantitative estimate of drug-likeness (QED) is 0.261. The molecule has 0 bridgehead atoms. The summed E-state index contributed by atoms with van der Waals surface area (Å²) in [5.74, 6) is 7.26. The second-order valence-corrected chi connectivity index (χ2v) is 19.9. The van der Waals surface area contributed by atoms with E-state index in [0.717, 1.165) is 32.8 Å². The molecule has 0 fully saturated rings. The van der Waals surface area contributed by atoms with Crippen molar-refractivity contribution in [2.75, 3.05) is 0 Å². The van der Waals surface area contributed by atoms with Crippen LogP contribution in [0.25, 0.3) is 43.9 Å². The Labute approximate surface area is 191 Å². The molecular formula is C29H24GeN2. The SMILES string of the molecule is [CH3][Ge]([CH3])([CH3])[c]1ccc(-c2ccc3c(-c4cc(C#N)c5ccccc5c4)nccc3c2)cc1. The predicted molar refractivity (Wildman–Crippen MR) is 138 cm³/mol. The van der Waals surface area contributed by atoms with E-state index in [2.05, 4.69) is 77.9 Å². The molecule has 0 aliphatic carbocycles. The summed E-state index contributed by atoms with van der Waals surface area (Å²) in [6.45, 7) is 0. The summed E-state index contributed by atoms with van der Waals surface area (Å²) < 4.78 is 1.52. The molecule has 0 radical (unpaired) electrons. The van der Waals surface area contributed by atoms with E-state index in [4.69, 9.17) is 4.98 Å². The molecule has 0 saturated heterocycles. The van der Waals surface area contributed by atoms with E-state index < -0.39 is 13.3 Å². The Balaban J connectivity index is 1.62. The van der Waals surface area contributed by atoms with Crippen molar-refractivity contribution in [2.45, 2.75) is 17.3 Å². The number of pyridine rings is 1. The van der Waals surface area contributed by atoms with Gasteiger partial charge >= 0.3 is 151 Å². The van der Waals surface area contributed by atoms with Crippen LogP contribution in [0.3, 0.4) is 0 Å². The van der Waals surface area contributed by atoms with Gasteiger partial charge in [0.05, 0.1) is 6.07 Å². The van der Waals surface area contributed by atoms with Gasteiger partial charge in [-0.15, -0.1) is 0 Å². The minimum atomic E-state index is -1.81. The van der Waals surface area contributed by atoms with Crippen LogP contribution in [0.2, 0.25) is 17.3 Å². The molecule has 0 aliphatic rings. The van der Waals surface area contributed by atoms with E-state index in [-0.39, 0.29) is 0 Å². The van der Waals surface area contributed by atoms with Gasteiger partial charge in [-0.1, -0.05) is 24.3 Å². The molecule has 0 aliphatic heterocycles. The molecule has 0 unspecified atom stereocenters. The normalized spacial score (nSPS) is 11.6. The minimum absolute atomic E-state index is 0.678. The van der Waals surface area contributed by atoms with Gasteiger partial charge in [0.25, 0.3) is 0 Å². The number of hydrogen-bond acceptors (Lipinski definition) is 2. The molecule has 154 valence electrons. The molecular weight excluding hydrogens is 449 g/mol. The summed E-state index contributed by atoms with van der Waals surface area (Å²) >= 11 is -1.81. The number of aromatic nitrogens is 1. The first-order valence-corrected chi connectivity index (χ1v) is 18.2. The van der Waals surface area contributed by atoms with Crippen molar-refractivity contribution < 1.29 is 0 Å². The number of fused-ring (bicyclic) bond motifs is 2. The molecule has 32 heavy (non-hydrogen) atoms. The van der Waals surface area contributed by atoms with Gasteiger partial charge in [-0.25, -0.2) is 0 Å². The summed E-state index contributed by atoms with van der Waals surface area (Å²) in [6.07, 6.45) is 1.86. The van der Waals surface area contributed by atoms with E-state index in [1.165, 1.54) is 15.5 Å². The Morgan fingerprint density at radius 2 is 1.38 bits per heavy atom. The van der Waals surface area contributed by atoms with Gasteiger partial charge < -0.3 is 0 Å². The van der Waals surface area contributed by atoms with E-state index in [9.17, 15) is 5.26 Å². The molecule has 2 nitrogen and oxygen atoms in total. The first-order valence-electron chi connectivity index (χ1n) is 10.9. The summed E-state index contributed by atoms with van der Waals surface area (Å²) in [7, 11) is 0. The van der Waals surface area contributed by atoms with Crippen molar-refractivity contribution in [3.63, 3.8) is 0 Å². The Morgan fingerprint density at radius 3 is 2.12 bits per heavy atom. The number of nitrogens with zero attached hydrogens (tertiary/aromatic N) is 2. The average Bonchev–Trinajstić information content (AvgIpc) is 2.82. The number of hydrogen-bond donors (Lipinski definition) is 0. The molecule has 4 aromatic carbocycles. The number of rotatable bonds is 3. The zero-order chi connectivity index (χ0) is 22.3. The molecule has 1 aromatic heterocycles. The molecule has 0 spiro atoms. The molecule has 3 heteroatoms. The van der Waals surface area contributed by atoms with Crippen molar-refractivity contribution in [1.82, 2.24) is 4.98 Å². The summed E-state index contributed by atoms with van der Waals surface area (Å²) in [5.41, 5.74) is 5.00. The average molecular weight is 473 g/mol. The van der Waals surface area contributed by atoms with E-state index in [0.29, 0.717) is 5.56 Å². The van der Waals surface area contributed by atoms with Crippen molar-refractivity contribution in [2.24, 2.45) is 0 Å². The predicted octanol–water partition coefficient (Wildman–Crippen LogP) is 7.14. The van der Waals surface area contributed by atoms with Gasteiger partial charge in [0.15, 0.2) is 0 Å². The molecule has 5 rings (SSSR count). The molecule has 0 N–H and O–H groups in total. The molecule has 0 saturated carbocycles. The van der Waals surface area contributed by atoms with Crippen LogP contribution in [0.4, 0.5) is 0 Å². The van der Waals surface area contributed by atoms with Crippen molar-refractivity contribution in [3.05, 3.63) is 96.7 Å². The Hall–Kier alpha value is -3.42. The third-order valence-corrected chi connectivity index (χ3v) is 10.4. The van der Waals surface area contributed by atoms with Gasteiger partial charge in [0.2, 0.25) is 0 Å². The molecule has 0 amide bonds. The van der Waals surface area contributed by atoms with E-state index in [1.54, 1.807) is 0 Å². The van der Waals surface area contributed by atoms with Crippen LogP contribution in [0.1, 0.15) is 5.56 Å². The van der Waals surface area contributed by atoms with Crippen molar-refractivity contribution >= 4 is 39.2 Å². The van der Waals surface area contributed by atoms with Crippen LogP contribution in [0.15, 0.2) is 91.1 Å². The number of benzene rings is 4. The maximum absolute atomic E-state index is 9.69. The van der Waals surface area contributed by atoms with Gasteiger partial charge in [0.1, 0.15) is 0 Å².